The summed E-state index contributed by atoms with van der Waals surface area (Å²) in [5, 5.41) is 18.4. The predicted octanol–water partition coefficient (Wildman–Crippen LogP) is -1.84. The third-order valence-corrected chi connectivity index (χ3v) is 5.79. The molecule has 0 aromatic heterocycles. The molecule has 4 N–H and O–H groups in total. The molecule has 0 bridgehead atoms. The van der Waals surface area contributed by atoms with E-state index in [1.54, 1.807) is 13.6 Å². The van der Waals surface area contributed by atoms with Crippen molar-refractivity contribution in [3.8, 4) is 0 Å². The topological polar surface area (TPSA) is 126 Å². The van der Waals surface area contributed by atoms with Crippen molar-refractivity contribution in [2.24, 2.45) is 0 Å². The number of rotatable bonds is 5. The molecule has 106 valence electrons. The summed E-state index contributed by atoms with van der Waals surface area (Å²) >= 11 is 4.47. The molecule has 19 heavy (non-hydrogen) atoms. The molecule has 2 rings (SSSR count). The van der Waals surface area contributed by atoms with E-state index in [2.05, 4.69) is 20.6 Å². The van der Waals surface area contributed by atoms with Crippen molar-refractivity contribution in [2.45, 2.75) is 23.7 Å². The van der Waals surface area contributed by atoms with Gasteiger partial charge in [-0.3, -0.25) is 0 Å². The standard InChI is InChI=1S/C6H12B2O8P2S/c1-17(11,19)16-18(12,13)14-2-3-4(9)5(10)6(15-3)7-8-6/h3-5,9-10H,2H2,1H3,(H,11,19)(H,12,13). The van der Waals surface area contributed by atoms with Crippen LogP contribution in [0.3, 0.4) is 0 Å². The molecule has 0 aromatic rings. The van der Waals surface area contributed by atoms with Gasteiger partial charge < -0.3 is 0 Å². The number of phosphoric ester groups is 1. The van der Waals surface area contributed by atoms with E-state index in [0.29, 0.717) is 0 Å². The van der Waals surface area contributed by atoms with Crippen LogP contribution in [0.15, 0.2) is 0 Å². The van der Waals surface area contributed by atoms with Gasteiger partial charge >= 0.3 is 115 Å². The molecule has 1 spiro atoms. The Bertz CT molecular complexity index is 488. The van der Waals surface area contributed by atoms with Crippen molar-refractivity contribution in [1.29, 1.82) is 0 Å². The van der Waals surface area contributed by atoms with Gasteiger partial charge in [0.1, 0.15) is 0 Å². The Balaban J connectivity index is 1.89. The van der Waals surface area contributed by atoms with Crippen LogP contribution in [0.2, 0.25) is 0 Å². The molecule has 1 fully saturated rings. The SMILES string of the molecule is CP(O)(=S)OP(=O)(O)OCC1OC2(B=B2)C(O)C1O. The molecule has 5 atom stereocenters. The molecule has 13 heteroatoms. The fourth-order valence-electron chi connectivity index (χ4n) is 1.74. The van der Waals surface area contributed by atoms with Crippen LogP contribution in [0.4, 0.5) is 0 Å². The number of aliphatic hydroxyl groups is 2. The zero-order valence-corrected chi connectivity index (χ0v) is 12.4. The maximum atomic E-state index is 11.4. The molecule has 2 aliphatic rings. The zero-order chi connectivity index (χ0) is 14.5. The summed E-state index contributed by atoms with van der Waals surface area (Å²) < 4.78 is 25.7. The van der Waals surface area contributed by atoms with Crippen molar-refractivity contribution in [3.63, 3.8) is 0 Å². The predicted molar refractivity (Wildman–Crippen MR) is 70.4 cm³/mol. The number of hydrogen-bond acceptors (Lipinski definition) is 7. The monoisotopic (exact) mass is 328 g/mol. The van der Waals surface area contributed by atoms with Crippen LogP contribution in [-0.4, -0.2) is 70.6 Å². The van der Waals surface area contributed by atoms with Gasteiger partial charge in [-0.05, 0) is 0 Å². The first kappa shape index (κ1) is 16.1. The van der Waals surface area contributed by atoms with Crippen molar-refractivity contribution in [1.82, 2.24) is 0 Å². The third kappa shape index (κ3) is 3.89. The average Bonchev–Trinajstić information content (AvgIpc) is 2.95. The Hall–Kier alpha value is 0.730. The van der Waals surface area contributed by atoms with Crippen LogP contribution in [-0.2, 0) is 29.9 Å². The van der Waals surface area contributed by atoms with E-state index in [1.165, 1.54) is 0 Å². The van der Waals surface area contributed by atoms with Crippen LogP contribution in [0.1, 0.15) is 0 Å². The van der Waals surface area contributed by atoms with Gasteiger partial charge in [-0.15, -0.1) is 0 Å². The fourth-order valence-corrected chi connectivity index (χ4v) is 4.56. The number of hydrogen-bond donors (Lipinski definition) is 4. The van der Waals surface area contributed by atoms with E-state index in [-0.39, 0.29) is 0 Å². The third-order valence-electron chi connectivity index (χ3n) is 2.67. The quantitative estimate of drug-likeness (QED) is 0.340. The Morgan fingerprint density at radius 1 is 1.42 bits per heavy atom. The van der Waals surface area contributed by atoms with Crippen molar-refractivity contribution < 1.29 is 38.1 Å². The molecule has 5 unspecified atom stereocenters. The van der Waals surface area contributed by atoms with E-state index in [0.717, 1.165) is 6.66 Å². The van der Waals surface area contributed by atoms with Gasteiger partial charge in [-0.1, -0.05) is 0 Å². The Kier molecular flexibility index (Phi) is 4.39. The summed E-state index contributed by atoms with van der Waals surface area (Å²) in [5.41, 5.74) is 0. The molecule has 1 saturated heterocycles. The minimum atomic E-state index is -4.53. The fraction of sp³-hybridized carbons (Fsp3) is 1.00. The summed E-state index contributed by atoms with van der Waals surface area (Å²) in [7, 11) is -4.53. The Morgan fingerprint density at radius 2 is 2.00 bits per heavy atom. The average molecular weight is 328 g/mol. The molecular weight excluding hydrogens is 316 g/mol. The summed E-state index contributed by atoms with van der Waals surface area (Å²) in [4.78, 5) is 18.5. The maximum absolute atomic E-state index is 11.4. The van der Waals surface area contributed by atoms with E-state index >= 15 is 0 Å². The van der Waals surface area contributed by atoms with Crippen LogP contribution in [0.5, 0.6) is 0 Å². The van der Waals surface area contributed by atoms with E-state index in [4.69, 9.17) is 4.74 Å². The molecule has 0 saturated carbocycles. The van der Waals surface area contributed by atoms with E-state index in [9.17, 15) is 24.6 Å². The van der Waals surface area contributed by atoms with Gasteiger partial charge in [-0.2, -0.15) is 0 Å². The van der Waals surface area contributed by atoms with Crippen LogP contribution < -0.4 is 0 Å². The van der Waals surface area contributed by atoms with Gasteiger partial charge in [0.05, 0.1) is 0 Å². The first-order chi connectivity index (χ1) is 8.55. The van der Waals surface area contributed by atoms with Gasteiger partial charge in [0.25, 0.3) is 0 Å². The van der Waals surface area contributed by atoms with Gasteiger partial charge in [-0.25, -0.2) is 0 Å². The summed E-state index contributed by atoms with van der Waals surface area (Å²) in [6.45, 7) is 0.389. The van der Waals surface area contributed by atoms with Gasteiger partial charge in [0.15, 0.2) is 0 Å². The zero-order valence-electron chi connectivity index (χ0n) is 9.82. The molecular formula is C6H12B2O8P2S. The van der Waals surface area contributed by atoms with Crippen molar-refractivity contribution in [3.05, 3.63) is 0 Å². The van der Waals surface area contributed by atoms with Crippen LogP contribution >= 0.6 is 14.3 Å². The van der Waals surface area contributed by atoms with E-state index < -0.39 is 44.6 Å². The van der Waals surface area contributed by atoms with Gasteiger partial charge in [0.2, 0.25) is 0 Å². The number of phosphoric acid groups is 1. The van der Waals surface area contributed by atoms with Crippen molar-refractivity contribution >= 4 is 39.7 Å². The molecule has 0 amide bonds. The molecule has 0 radical (unpaired) electrons. The van der Waals surface area contributed by atoms with Crippen LogP contribution in [0, 0.1) is 0 Å². The molecule has 8 nitrogen and oxygen atoms in total. The minimum absolute atomic E-state index is 0.481. The summed E-state index contributed by atoms with van der Waals surface area (Å²) in [5.74, 6) is 0. The second kappa shape index (κ2) is 5.18. The second-order valence-corrected chi connectivity index (χ2v) is 9.91. The van der Waals surface area contributed by atoms with E-state index in [1.807, 2.05) is 0 Å². The molecule has 2 heterocycles. The molecule has 2 aliphatic heterocycles. The molecule has 0 aliphatic carbocycles. The Labute approximate surface area is 115 Å². The number of aliphatic hydroxyl groups excluding tert-OH is 2. The second-order valence-electron chi connectivity index (χ2n) is 4.43. The normalized spacial score (nSPS) is 37.2. The number of ether oxygens (including phenoxy) is 1. The first-order valence-corrected chi connectivity index (χ1v) is 9.89. The van der Waals surface area contributed by atoms with Crippen LogP contribution in [0.25, 0.3) is 0 Å². The molecule has 0 aromatic carbocycles. The Morgan fingerprint density at radius 3 is 2.42 bits per heavy atom. The van der Waals surface area contributed by atoms with Crippen molar-refractivity contribution in [2.75, 3.05) is 13.3 Å². The summed E-state index contributed by atoms with van der Waals surface area (Å²) in [6, 6.07) is 0. The summed E-state index contributed by atoms with van der Waals surface area (Å²) in [6.07, 6.45) is -3.38. The first-order valence-electron chi connectivity index (χ1n) is 5.28. The van der Waals surface area contributed by atoms with Gasteiger partial charge in [0, 0.05) is 0 Å².